The number of anilines is 2. The van der Waals surface area contributed by atoms with Crippen molar-refractivity contribution in [3.8, 4) is 0 Å². The van der Waals surface area contributed by atoms with Gasteiger partial charge in [0.15, 0.2) is 5.82 Å². The Bertz CT molecular complexity index is 1290. The van der Waals surface area contributed by atoms with Gasteiger partial charge in [-0.2, -0.15) is 0 Å². The summed E-state index contributed by atoms with van der Waals surface area (Å²) in [6.07, 6.45) is 3.87. The van der Waals surface area contributed by atoms with Crippen LogP contribution in [0.1, 0.15) is 28.8 Å². The summed E-state index contributed by atoms with van der Waals surface area (Å²) in [5.41, 5.74) is 2.58. The van der Waals surface area contributed by atoms with Gasteiger partial charge in [-0.25, -0.2) is 14.4 Å². The zero-order valence-corrected chi connectivity index (χ0v) is 22.4. The van der Waals surface area contributed by atoms with Crippen molar-refractivity contribution in [1.82, 2.24) is 24.4 Å². The zero-order valence-electron chi connectivity index (χ0n) is 21.6. The van der Waals surface area contributed by atoms with Crippen LogP contribution in [-0.2, 0) is 11.4 Å². The molecule has 2 heterocycles. The van der Waals surface area contributed by atoms with E-state index in [1.807, 2.05) is 11.5 Å². The highest BCUT2D eigenvalue weighted by Gasteiger charge is 2.27. The van der Waals surface area contributed by atoms with Crippen LogP contribution >= 0.6 is 11.6 Å². The normalized spacial score (nSPS) is 16.9. The number of fused-ring (bicyclic) bond motifs is 1. The Hall–Kier alpha value is -2.72. The van der Waals surface area contributed by atoms with E-state index in [0.717, 1.165) is 51.1 Å². The van der Waals surface area contributed by atoms with Crippen molar-refractivity contribution in [1.29, 1.82) is 0 Å². The van der Waals surface area contributed by atoms with Crippen molar-refractivity contribution in [3.63, 3.8) is 0 Å². The molecular weight excluding hydrogens is 495 g/mol. The molecule has 0 spiro atoms. The summed E-state index contributed by atoms with van der Waals surface area (Å²) in [5, 5.41) is 4.94. The van der Waals surface area contributed by atoms with Gasteiger partial charge in [-0.3, -0.25) is 14.5 Å². The molecule has 37 heavy (non-hydrogen) atoms. The maximum absolute atomic E-state index is 16.0. The van der Waals surface area contributed by atoms with Gasteiger partial charge in [0.05, 0.1) is 29.7 Å². The van der Waals surface area contributed by atoms with Crippen molar-refractivity contribution in [2.45, 2.75) is 26.3 Å². The number of rotatable bonds is 9. The van der Waals surface area contributed by atoms with Gasteiger partial charge in [0.2, 0.25) is 0 Å². The zero-order chi connectivity index (χ0) is 26.1. The number of imidazole rings is 1. The Morgan fingerprint density at radius 3 is 2.68 bits per heavy atom. The summed E-state index contributed by atoms with van der Waals surface area (Å²) in [6.45, 7) is 7.91. The molecule has 2 aromatic carbocycles. The number of likely N-dealkylation sites (N-methyl/N-ethyl adjacent to an activating group) is 1. The molecule has 0 atom stereocenters. The molecule has 5 rings (SSSR count). The maximum atomic E-state index is 16.0. The molecule has 1 N–H and O–H groups in total. The molecule has 1 aliphatic heterocycles. The highest BCUT2D eigenvalue weighted by molar-refractivity contribution is 6.30. The minimum Gasteiger partial charge on any atom is -0.352 e. The molecule has 0 bridgehead atoms. The minimum atomic E-state index is -0.566. The second kappa shape index (κ2) is 10.9. The number of carbonyl (C=O) groups excluding carboxylic acids is 1. The van der Waals surface area contributed by atoms with Gasteiger partial charge in [0, 0.05) is 57.0 Å². The Morgan fingerprint density at radius 2 is 1.97 bits per heavy atom. The van der Waals surface area contributed by atoms with Gasteiger partial charge < -0.3 is 14.8 Å². The molecule has 0 unspecified atom stereocenters. The van der Waals surface area contributed by atoms with Crippen LogP contribution in [0.4, 0.5) is 15.8 Å². The number of aromatic nitrogens is 2. The predicted molar refractivity (Wildman–Crippen MR) is 144 cm³/mol. The van der Waals surface area contributed by atoms with Crippen LogP contribution in [-0.4, -0.2) is 83.7 Å². The van der Waals surface area contributed by atoms with E-state index in [-0.39, 0.29) is 16.8 Å². The van der Waals surface area contributed by atoms with Crippen LogP contribution in [0.2, 0.25) is 5.02 Å². The quantitative estimate of drug-likeness (QED) is 0.411. The van der Waals surface area contributed by atoms with Gasteiger partial charge in [0.1, 0.15) is 5.52 Å². The molecule has 1 amide bonds. The smallest absolute Gasteiger partial charge is 0.279 e. The second-order valence-corrected chi connectivity index (χ2v) is 10.6. The second-order valence-electron chi connectivity index (χ2n) is 10.2. The van der Waals surface area contributed by atoms with E-state index in [1.165, 1.54) is 5.06 Å². The fraction of sp³-hybridized carbons (Fsp3) is 0.481. The fourth-order valence-corrected chi connectivity index (χ4v) is 4.81. The van der Waals surface area contributed by atoms with E-state index in [9.17, 15) is 4.79 Å². The molecule has 2 fully saturated rings. The number of amides is 1. The van der Waals surface area contributed by atoms with Crippen molar-refractivity contribution < 1.29 is 14.0 Å². The van der Waals surface area contributed by atoms with E-state index in [0.29, 0.717) is 35.3 Å². The molecule has 10 heteroatoms. The first-order valence-electron chi connectivity index (χ1n) is 12.8. The number of hydroxylamine groups is 2. The molecule has 198 valence electrons. The molecule has 1 aromatic heterocycles. The lowest BCUT2D eigenvalue weighted by Crippen LogP contribution is -2.45. The third-order valence-electron chi connectivity index (χ3n) is 7.27. The highest BCUT2D eigenvalue weighted by Crippen LogP contribution is 2.34. The number of nitrogens with one attached hydrogen (secondary N) is 1. The standard InChI is InChI=1S/C27H34ClFN6O2/c1-18-14-20(28)6-7-22(18)31-25-21(27(36)33(3)37-16-19-4-5-19)15-23-26(24(25)29)30-17-35(23)13-12-34-10-8-32(2)9-11-34/h6-7,14-15,17,19,31H,4-5,8-13,16H2,1-3H3. The van der Waals surface area contributed by atoms with Crippen molar-refractivity contribution >= 4 is 39.9 Å². The van der Waals surface area contributed by atoms with Crippen LogP contribution < -0.4 is 5.32 Å². The van der Waals surface area contributed by atoms with E-state index < -0.39 is 11.7 Å². The molecule has 8 nitrogen and oxygen atoms in total. The van der Waals surface area contributed by atoms with Crippen molar-refractivity contribution in [3.05, 3.63) is 52.6 Å². The van der Waals surface area contributed by atoms with Crippen LogP contribution in [0.25, 0.3) is 11.0 Å². The minimum absolute atomic E-state index is 0.0779. The average Bonchev–Trinajstić information content (AvgIpc) is 3.63. The monoisotopic (exact) mass is 528 g/mol. The van der Waals surface area contributed by atoms with Gasteiger partial charge in [-0.15, -0.1) is 0 Å². The molecule has 1 saturated heterocycles. The fourth-order valence-electron chi connectivity index (χ4n) is 4.58. The Kier molecular flexibility index (Phi) is 7.67. The molecule has 1 aliphatic carbocycles. The first kappa shape index (κ1) is 25.9. The average molecular weight is 529 g/mol. The third-order valence-corrected chi connectivity index (χ3v) is 7.51. The Labute approximate surface area is 221 Å². The first-order chi connectivity index (χ1) is 17.8. The van der Waals surface area contributed by atoms with Gasteiger partial charge in [-0.05, 0) is 62.6 Å². The highest BCUT2D eigenvalue weighted by atomic mass is 35.5. The SMILES string of the molecule is Cc1cc(Cl)ccc1Nc1c(C(=O)N(C)OCC2CC2)cc2c(ncn2CCN2CCN(C)CC2)c1F. The van der Waals surface area contributed by atoms with Gasteiger partial charge >= 0.3 is 0 Å². The van der Waals surface area contributed by atoms with E-state index in [4.69, 9.17) is 16.4 Å². The van der Waals surface area contributed by atoms with Crippen LogP contribution in [0, 0.1) is 18.7 Å². The topological polar surface area (TPSA) is 65.9 Å². The van der Waals surface area contributed by atoms with Crippen LogP contribution in [0.5, 0.6) is 0 Å². The number of halogens is 2. The lowest BCUT2D eigenvalue weighted by molar-refractivity contribution is -0.109. The van der Waals surface area contributed by atoms with Gasteiger partial charge in [0.25, 0.3) is 5.91 Å². The largest absolute Gasteiger partial charge is 0.352 e. The predicted octanol–water partition coefficient (Wildman–Crippen LogP) is 4.54. The lowest BCUT2D eigenvalue weighted by atomic mass is 10.1. The molecule has 2 aliphatic rings. The number of benzene rings is 2. The number of hydrogen-bond acceptors (Lipinski definition) is 6. The van der Waals surface area contributed by atoms with Crippen LogP contribution in [0.3, 0.4) is 0 Å². The number of carbonyl (C=O) groups is 1. The van der Waals surface area contributed by atoms with Crippen LogP contribution in [0.15, 0.2) is 30.6 Å². The Morgan fingerprint density at radius 1 is 1.22 bits per heavy atom. The summed E-state index contributed by atoms with van der Waals surface area (Å²) < 4.78 is 18.0. The number of nitrogens with zero attached hydrogens (tertiary/aromatic N) is 5. The van der Waals surface area contributed by atoms with E-state index in [2.05, 4.69) is 27.1 Å². The van der Waals surface area contributed by atoms with Crippen molar-refractivity contribution in [2.75, 3.05) is 58.7 Å². The lowest BCUT2D eigenvalue weighted by Gasteiger charge is -2.32. The summed E-state index contributed by atoms with van der Waals surface area (Å²) in [7, 11) is 3.71. The Balaban J connectivity index is 1.47. The molecule has 0 radical (unpaired) electrons. The number of piperazine rings is 1. The summed E-state index contributed by atoms with van der Waals surface area (Å²) in [6, 6.07) is 7.02. The summed E-state index contributed by atoms with van der Waals surface area (Å²) >= 11 is 6.12. The molecule has 3 aromatic rings. The summed E-state index contributed by atoms with van der Waals surface area (Å²) in [5.74, 6) is -0.494. The third kappa shape index (κ3) is 5.90. The molecular formula is C27H34ClFN6O2. The van der Waals surface area contributed by atoms with E-state index >= 15 is 4.39 Å². The number of aryl methyl sites for hydroxylation is 1. The molecule has 1 saturated carbocycles. The first-order valence-corrected chi connectivity index (χ1v) is 13.2. The maximum Gasteiger partial charge on any atom is 0.279 e. The number of hydrogen-bond donors (Lipinski definition) is 1. The van der Waals surface area contributed by atoms with E-state index in [1.54, 1.807) is 37.6 Å². The van der Waals surface area contributed by atoms with Crippen molar-refractivity contribution in [2.24, 2.45) is 5.92 Å². The summed E-state index contributed by atoms with van der Waals surface area (Å²) in [4.78, 5) is 28.3. The van der Waals surface area contributed by atoms with Gasteiger partial charge in [-0.1, -0.05) is 11.6 Å².